The van der Waals surface area contributed by atoms with E-state index >= 15 is 0 Å². The number of hydrogen-bond donors (Lipinski definition) is 1. The molecule has 1 atom stereocenters. The summed E-state index contributed by atoms with van der Waals surface area (Å²) in [5, 5.41) is 2.77. The maximum Gasteiger partial charge on any atom is 0.264 e. The zero-order valence-electron chi connectivity index (χ0n) is 23.7. The molecule has 1 N–H and O–H groups in total. The van der Waals surface area contributed by atoms with Crippen LogP contribution in [0.25, 0.3) is 0 Å². The molecule has 1 unspecified atom stereocenters. The third-order valence-electron chi connectivity index (χ3n) is 6.37. The predicted octanol–water partition coefficient (Wildman–Crippen LogP) is 4.37. The summed E-state index contributed by atoms with van der Waals surface area (Å²) in [5.74, 6) is -0.352. The summed E-state index contributed by atoms with van der Waals surface area (Å²) in [6.45, 7) is 5.65. The van der Waals surface area contributed by atoms with Crippen LogP contribution in [0, 0.1) is 5.82 Å². The van der Waals surface area contributed by atoms with E-state index in [1.165, 1.54) is 17.0 Å². The molecule has 0 saturated heterocycles. The number of nitrogens with one attached hydrogen (secondary N) is 1. The Bertz CT molecular complexity index is 1400. The minimum absolute atomic E-state index is 0.0617. The summed E-state index contributed by atoms with van der Waals surface area (Å²) in [4.78, 5) is 28.2. The van der Waals surface area contributed by atoms with Gasteiger partial charge in [0.2, 0.25) is 11.8 Å². The van der Waals surface area contributed by atoms with Gasteiger partial charge in [0.15, 0.2) is 0 Å². The average Bonchev–Trinajstić information content (AvgIpc) is 2.97. The second-order valence-electron chi connectivity index (χ2n) is 9.08. The molecule has 0 aliphatic rings. The zero-order valence-corrected chi connectivity index (χ0v) is 24.5. The van der Waals surface area contributed by atoms with Crippen molar-refractivity contribution in [3.8, 4) is 11.5 Å². The highest BCUT2D eigenvalue weighted by atomic mass is 32.2. The first-order valence-corrected chi connectivity index (χ1v) is 14.8. The molecule has 3 aromatic rings. The van der Waals surface area contributed by atoms with Crippen molar-refractivity contribution in [3.63, 3.8) is 0 Å². The molecule has 220 valence electrons. The standard InChI is InChI=1S/C30H36FN3O6S/c1-5-28(30(36)32-6-2)33(20-22-8-14-25(39-4)15-9-22)29(35)21-34(24-12-16-26(17-13-24)40-7-3)41(37,38)27-18-10-23(31)11-19-27/h8-19,28H,5-7,20-21H2,1-4H3,(H,32,36). The molecular weight excluding hydrogens is 549 g/mol. The van der Waals surface area contributed by atoms with Crippen molar-refractivity contribution in [3.05, 3.63) is 84.2 Å². The van der Waals surface area contributed by atoms with Gasteiger partial charge in [-0.15, -0.1) is 0 Å². The van der Waals surface area contributed by atoms with Gasteiger partial charge in [0, 0.05) is 13.1 Å². The Morgan fingerprint density at radius 1 is 0.902 bits per heavy atom. The Kier molecular flexibility index (Phi) is 11.1. The molecule has 9 nitrogen and oxygen atoms in total. The van der Waals surface area contributed by atoms with Crippen molar-refractivity contribution in [2.45, 2.75) is 44.7 Å². The third kappa shape index (κ3) is 7.97. The molecule has 2 amide bonds. The van der Waals surface area contributed by atoms with Gasteiger partial charge in [-0.25, -0.2) is 12.8 Å². The first kappa shape index (κ1) is 31.4. The molecule has 0 aliphatic carbocycles. The van der Waals surface area contributed by atoms with Gasteiger partial charge in [-0.05, 0) is 86.5 Å². The van der Waals surface area contributed by atoms with Crippen LogP contribution >= 0.6 is 0 Å². The molecule has 11 heteroatoms. The lowest BCUT2D eigenvalue weighted by molar-refractivity contribution is -0.140. The SMILES string of the molecule is CCNC(=O)C(CC)N(Cc1ccc(OC)cc1)C(=O)CN(c1ccc(OCC)cc1)S(=O)(=O)c1ccc(F)cc1. The lowest BCUT2D eigenvalue weighted by Crippen LogP contribution is -2.52. The highest BCUT2D eigenvalue weighted by Gasteiger charge is 2.33. The van der Waals surface area contributed by atoms with Crippen LogP contribution < -0.4 is 19.1 Å². The van der Waals surface area contributed by atoms with Crippen LogP contribution in [0.2, 0.25) is 0 Å². The summed E-state index contributed by atoms with van der Waals surface area (Å²) < 4.78 is 52.9. The summed E-state index contributed by atoms with van der Waals surface area (Å²) in [5.41, 5.74) is 0.942. The van der Waals surface area contributed by atoms with Gasteiger partial charge >= 0.3 is 0 Å². The van der Waals surface area contributed by atoms with Gasteiger partial charge < -0.3 is 19.7 Å². The molecule has 0 aromatic heterocycles. The highest BCUT2D eigenvalue weighted by molar-refractivity contribution is 7.92. The van der Waals surface area contributed by atoms with Crippen molar-refractivity contribution < 1.29 is 31.9 Å². The van der Waals surface area contributed by atoms with Gasteiger partial charge in [0.1, 0.15) is 29.9 Å². The molecular formula is C30H36FN3O6S. The zero-order chi connectivity index (χ0) is 30.0. The largest absolute Gasteiger partial charge is 0.497 e. The molecule has 0 aliphatic heterocycles. The fraction of sp³-hybridized carbons (Fsp3) is 0.333. The second kappa shape index (κ2) is 14.5. The van der Waals surface area contributed by atoms with Gasteiger partial charge in [-0.1, -0.05) is 19.1 Å². The monoisotopic (exact) mass is 585 g/mol. The van der Waals surface area contributed by atoms with E-state index in [0.29, 0.717) is 31.1 Å². The topological polar surface area (TPSA) is 105 Å². The molecule has 0 fully saturated rings. The smallest absolute Gasteiger partial charge is 0.264 e. The first-order chi connectivity index (χ1) is 19.6. The summed E-state index contributed by atoms with van der Waals surface area (Å²) in [6.07, 6.45) is 0.307. The fourth-order valence-electron chi connectivity index (χ4n) is 4.28. The van der Waals surface area contributed by atoms with Crippen molar-refractivity contribution in [1.29, 1.82) is 0 Å². The number of amides is 2. The minimum Gasteiger partial charge on any atom is -0.497 e. The van der Waals surface area contributed by atoms with Gasteiger partial charge in [0.05, 0.1) is 24.3 Å². The normalized spacial score (nSPS) is 11.8. The minimum atomic E-state index is -4.31. The molecule has 0 spiro atoms. The van der Waals surface area contributed by atoms with E-state index in [2.05, 4.69) is 5.32 Å². The van der Waals surface area contributed by atoms with Crippen LogP contribution in [0.4, 0.5) is 10.1 Å². The number of rotatable bonds is 14. The van der Waals surface area contributed by atoms with Crippen molar-refractivity contribution >= 4 is 27.5 Å². The van der Waals surface area contributed by atoms with Crippen LogP contribution in [0.5, 0.6) is 11.5 Å². The van der Waals surface area contributed by atoms with Gasteiger partial charge in [-0.3, -0.25) is 13.9 Å². The summed E-state index contributed by atoms with van der Waals surface area (Å²) in [7, 11) is -2.76. The number of sulfonamides is 1. The predicted molar refractivity (Wildman–Crippen MR) is 155 cm³/mol. The second-order valence-corrected chi connectivity index (χ2v) is 10.9. The number of likely N-dealkylation sites (N-methyl/N-ethyl adjacent to an activating group) is 1. The molecule has 0 radical (unpaired) electrons. The maximum absolute atomic E-state index is 14.0. The Hall–Kier alpha value is -4.12. The number of carbonyl (C=O) groups excluding carboxylic acids is 2. The van der Waals surface area contributed by atoms with E-state index in [1.54, 1.807) is 57.4 Å². The fourth-order valence-corrected chi connectivity index (χ4v) is 5.69. The Labute approximate surface area is 240 Å². The summed E-state index contributed by atoms with van der Waals surface area (Å²) in [6, 6.07) is 16.9. The van der Waals surface area contributed by atoms with E-state index < -0.39 is 34.3 Å². The van der Waals surface area contributed by atoms with Gasteiger partial charge in [0.25, 0.3) is 10.0 Å². The van der Waals surface area contributed by atoms with Crippen LogP contribution in [-0.4, -0.2) is 58.0 Å². The molecule has 0 saturated carbocycles. The van der Waals surface area contributed by atoms with Crippen molar-refractivity contribution in [2.75, 3.05) is 31.1 Å². The van der Waals surface area contributed by atoms with Gasteiger partial charge in [-0.2, -0.15) is 0 Å². The van der Waals surface area contributed by atoms with E-state index in [4.69, 9.17) is 9.47 Å². The molecule has 0 heterocycles. The number of hydrogen-bond acceptors (Lipinski definition) is 6. The Balaban J connectivity index is 2.05. The molecule has 3 rings (SSSR count). The van der Waals surface area contributed by atoms with Crippen LogP contribution in [0.1, 0.15) is 32.8 Å². The first-order valence-electron chi connectivity index (χ1n) is 13.4. The maximum atomic E-state index is 14.0. The van der Waals surface area contributed by atoms with E-state index in [-0.39, 0.29) is 23.0 Å². The highest BCUT2D eigenvalue weighted by Crippen LogP contribution is 2.27. The Morgan fingerprint density at radius 3 is 2.05 bits per heavy atom. The van der Waals surface area contributed by atoms with Crippen LogP contribution in [0.3, 0.4) is 0 Å². The number of anilines is 1. The molecule has 3 aromatic carbocycles. The number of ether oxygens (including phenoxy) is 2. The quantitative estimate of drug-likeness (QED) is 0.301. The third-order valence-corrected chi connectivity index (χ3v) is 8.15. The van der Waals surface area contributed by atoms with Crippen LogP contribution in [-0.2, 0) is 26.2 Å². The Morgan fingerprint density at radius 2 is 1.51 bits per heavy atom. The number of carbonyl (C=O) groups is 2. The number of nitrogens with zero attached hydrogens (tertiary/aromatic N) is 2. The molecule has 41 heavy (non-hydrogen) atoms. The van der Waals surface area contributed by atoms with Crippen molar-refractivity contribution in [1.82, 2.24) is 10.2 Å². The number of halogens is 1. The van der Waals surface area contributed by atoms with Crippen molar-refractivity contribution in [2.24, 2.45) is 0 Å². The number of benzene rings is 3. The van der Waals surface area contributed by atoms with E-state index in [9.17, 15) is 22.4 Å². The lowest BCUT2D eigenvalue weighted by atomic mass is 10.1. The van der Waals surface area contributed by atoms with E-state index in [0.717, 1.165) is 34.1 Å². The molecule has 0 bridgehead atoms. The lowest BCUT2D eigenvalue weighted by Gasteiger charge is -2.33. The van der Waals surface area contributed by atoms with E-state index in [1.807, 2.05) is 6.92 Å². The summed E-state index contributed by atoms with van der Waals surface area (Å²) >= 11 is 0. The average molecular weight is 586 g/mol. The number of methoxy groups -OCH3 is 1. The van der Waals surface area contributed by atoms with Crippen LogP contribution in [0.15, 0.2) is 77.7 Å².